The van der Waals surface area contributed by atoms with Gasteiger partial charge in [0.15, 0.2) is 5.11 Å². The van der Waals surface area contributed by atoms with Gasteiger partial charge >= 0.3 is 6.18 Å². The second-order valence-electron chi connectivity index (χ2n) is 4.08. The first-order valence-corrected chi connectivity index (χ1v) is 6.59. The summed E-state index contributed by atoms with van der Waals surface area (Å²) in [7, 11) is 0. The van der Waals surface area contributed by atoms with Crippen molar-refractivity contribution in [2.24, 2.45) is 0 Å². The third-order valence-electron chi connectivity index (χ3n) is 2.55. The molecule has 112 valence electrons. The predicted octanol–water partition coefficient (Wildman–Crippen LogP) is 4.44. The lowest BCUT2D eigenvalue weighted by Crippen LogP contribution is -2.28. The molecule has 0 amide bonds. The molecule has 0 aliphatic carbocycles. The SMILES string of the molecule is FC(F)(F)c1ccc(Cl)c(NC(=S)NCc2ccco2)c1. The van der Waals surface area contributed by atoms with Gasteiger partial charge in [-0.15, -0.1) is 0 Å². The molecule has 0 saturated heterocycles. The summed E-state index contributed by atoms with van der Waals surface area (Å²) >= 11 is 10.9. The maximum atomic E-state index is 12.6. The Hall–Kier alpha value is -1.73. The van der Waals surface area contributed by atoms with Gasteiger partial charge in [-0.1, -0.05) is 11.6 Å². The fourth-order valence-electron chi connectivity index (χ4n) is 1.54. The van der Waals surface area contributed by atoms with Crippen molar-refractivity contribution in [1.82, 2.24) is 5.32 Å². The maximum absolute atomic E-state index is 12.6. The highest BCUT2D eigenvalue weighted by molar-refractivity contribution is 7.80. The third-order valence-corrected chi connectivity index (χ3v) is 3.12. The Labute approximate surface area is 129 Å². The van der Waals surface area contributed by atoms with Crippen LogP contribution in [0.25, 0.3) is 0 Å². The number of benzene rings is 1. The number of anilines is 1. The van der Waals surface area contributed by atoms with Crippen LogP contribution in [0.3, 0.4) is 0 Å². The Balaban J connectivity index is 2.03. The number of nitrogens with one attached hydrogen (secondary N) is 2. The molecule has 1 aromatic heterocycles. The summed E-state index contributed by atoms with van der Waals surface area (Å²) in [6, 6.07) is 6.45. The number of rotatable bonds is 3. The summed E-state index contributed by atoms with van der Waals surface area (Å²) in [6.07, 6.45) is -2.93. The molecule has 0 spiro atoms. The first kappa shape index (κ1) is 15.7. The zero-order chi connectivity index (χ0) is 15.5. The van der Waals surface area contributed by atoms with Crippen LogP contribution in [0, 0.1) is 0 Å². The van der Waals surface area contributed by atoms with E-state index < -0.39 is 11.7 Å². The number of hydrogen-bond donors (Lipinski definition) is 2. The molecule has 0 atom stereocenters. The number of halogens is 4. The van der Waals surface area contributed by atoms with Crippen LogP contribution in [-0.4, -0.2) is 5.11 Å². The normalized spacial score (nSPS) is 11.2. The molecule has 0 radical (unpaired) electrons. The Morgan fingerprint density at radius 1 is 1.29 bits per heavy atom. The average molecular weight is 335 g/mol. The van der Waals surface area contributed by atoms with Gasteiger partial charge in [-0.2, -0.15) is 13.2 Å². The maximum Gasteiger partial charge on any atom is 0.416 e. The Morgan fingerprint density at radius 2 is 2.05 bits per heavy atom. The molecule has 0 fully saturated rings. The van der Waals surface area contributed by atoms with Crippen molar-refractivity contribution in [2.45, 2.75) is 12.7 Å². The van der Waals surface area contributed by atoms with Gasteiger partial charge in [0.25, 0.3) is 0 Å². The molecular weight excluding hydrogens is 325 g/mol. The van der Waals surface area contributed by atoms with Crippen LogP contribution < -0.4 is 10.6 Å². The van der Waals surface area contributed by atoms with Crippen LogP contribution in [0.2, 0.25) is 5.02 Å². The fraction of sp³-hybridized carbons (Fsp3) is 0.154. The largest absolute Gasteiger partial charge is 0.467 e. The topological polar surface area (TPSA) is 37.2 Å². The van der Waals surface area contributed by atoms with Gasteiger partial charge in [0.05, 0.1) is 29.1 Å². The highest BCUT2D eigenvalue weighted by Crippen LogP contribution is 2.33. The van der Waals surface area contributed by atoms with E-state index in [0.29, 0.717) is 12.3 Å². The summed E-state index contributed by atoms with van der Waals surface area (Å²) in [6.45, 7) is 0.315. The highest BCUT2D eigenvalue weighted by atomic mass is 35.5. The van der Waals surface area contributed by atoms with Gasteiger partial charge in [0, 0.05) is 0 Å². The van der Waals surface area contributed by atoms with Crippen molar-refractivity contribution in [3.05, 3.63) is 52.9 Å². The van der Waals surface area contributed by atoms with Gasteiger partial charge in [-0.3, -0.25) is 0 Å². The van der Waals surface area contributed by atoms with Crippen LogP contribution in [0.15, 0.2) is 41.0 Å². The summed E-state index contributed by atoms with van der Waals surface area (Å²) in [5, 5.41) is 5.73. The lowest BCUT2D eigenvalue weighted by molar-refractivity contribution is -0.137. The summed E-state index contributed by atoms with van der Waals surface area (Å²) < 4.78 is 43.0. The van der Waals surface area contributed by atoms with Crippen molar-refractivity contribution < 1.29 is 17.6 Å². The van der Waals surface area contributed by atoms with Crippen molar-refractivity contribution in [2.75, 3.05) is 5.32 Å². The van der Waals surface area contributed by atoms with Gasteiger partial charge in [-0.25, -0.2) is 0 Å². The molecule has 8 heteroatoms. The zero-order valence-electron chi connectivity index (χ0n) is 10.5. The molecule has 2 rings (SSSR count). The second kappa shape index (κ2) is 6.36. The van der Waals surface area contributed by atoms with Crippen LogP contribution >= 0.6 is 23.8 Å². The van der Waals surface area contributed by atoms with Crippen LogP contribution in [-0.2, 0) is 12.7 Å². The molecule has 2 aromatic rings. The monoisotopic (exact) mass is 334 g/mol. The van der Waals surface area contributed by atoms with E-state index in [1.54, 1.807) is 12.1 Å². The summed E-state index contributed by atoms with van der Waals surface area (Å²) in [5.74, 6) is 0.647. The van der Waals surface area contributed by atoms with Gasteiger partial charge in [-0.05, 0) is 42.5 Å². The number of furan rings is 1. The van der Waals surface area contributed by atoms with E-state index in [4.69, 9.17) is 28.2 Å². The number of alkyl halides is 3. The van der Waals surface area contributed by atoms with Crippen LogP contribution in [0.1, 0.15) is 11.3 Å². The minimum atomic E-state index is -4.44. The van der Waals surface area contributed by atoms with Crippen molar-refractivity contribution in [1.29, 1.82) is 0 Å². The van der Waals surface area contributed by atoms with E-state index in [1.165, 1.54) is 12.3 Å². The van der Waals surface area contributed by atoms with E-state index in [9.17, 15) is 13.2 Å². The smallest absolute Gasteiger partial charge is 0.416 e. The third kappa shape index (κ3) is 4.37. The molecule has 0 aliphatic rings. The second-order valence-corrected chi connectivity index (χ2v) is 4.89. The lowest BCUT2D eigenvalue weighted by Gasteiger charge is -2.13. The minimum Gasteiger partial charge on any atom is -0.467 e. The first-order chi connectivity index (χ1) is 9.86. The molecule has 0 aliphatic heterocycles. The minimum absolute atomic E-state index is 0.0865. The summed E-state index contributed by atoms with van der Waals surface area (Å²) in [4.78, 5) is 0. The highest BCUT2D eigenvalue weighted by Gasteiger charge is 2.31. The van der Waals surface area contributed by atoms with Gasteiger partial charge in [0.1, 0.15) is 5.76 Å². The predicted molar refractivity (Wildman–Crippen MR) is 78.2 cm³/mol. The van der Waals surface area contributed by atoms with Gasteiger partial charge in [0.2, 0.25) is 0 Å². The fourth-order valence-corrected chi connectivity index (χ4v) is 1.89. The Bertz CT molecular complexity index is 629. The molecule has 1 aromatic carbocycles. The van der Waals surface area contributed by atoms with Crippen molar-refractivity contribution in [3.63, 3.8) is 0 Å². The van der Waals surface area contributed by atoms with E-state index in [2.05, 4.69) is 10.6 Å². The quantitative estimate of drug-likeness (QED) is 0.814. The Morgan fingerprint density at radius 3 is 2.67 bits per heavy atom. The molecule has 21 heavy (non-hydrogen) atoms. The molecule has 0 unspecified atom stereocenters. The molecule has 2 N–H and O–H groups in total. The molecule has 0 bridgehead atoms. The van der Waals surface area contributed by atoms with Crippen LogP contribution in [0.4, 0.5) is 18.9 Å². The van der Waals surface area contributed by atoms with Crippen molar-refractivity contribution >= 4 is 34.6 Å². The molecular formula is C13H10ClF3N2OS. The number of hydrogen-bond acceptors (Lipinski definition) is 2. The van der Waals surface area contributed by atoms with Crippen LogP contribution in [0.5, 0.6) is 0 Å². The molecule has 3 nitrogen and oxygen atoms in total. The van der Waals surface area contributed by atoms with E-state index in [0.717, 1.165) is 12.1 Å². The zero-order valence-corrected chi connectivity index (χ0v) is 12.1. The van der Waals surface area contributed by atoms with E-state index in [1.807, 2.05) is 0 Å². The standard InChI is InChI=1S/C13H10ClF3N2OS/c14-10-4-3-8(13(15,16)17)6-11(10)19-12(21)18-7-9-2-1-5-20-9/h1-6H,7H2,(H2,18,19,21). The first-order valence-electron chi connectivity index (χ1n) is 5.80. The van der Waals surface area contributed by atoms with Crippen molar-refractivity contribution in [3.8, 4) is 0 Å². The van der Waals surface area contributed by atoms with E-state index in [-0.39, 0.29) is 15.8 Å². The van der Waals surface area contributed by atoms with E-state index >= 15 is 0 Å². The molecule has 1 heterocycles. The average Bonchev–Trinajstić information content (AvgIpc) is 2.91. The summed E-state index contributed by atoms with van der Waals surface area (Å²) in [5.41, 5.74) is -0.716. The number of thiocarbonyl (C=S) groups is 1. The Kier molecular flexibility index (Phi) is 4.74. The lowest BCUT2D eigenvalue weighted by atomic mass is 10.2. The van der Waals surface area contributed by atoms with Gasteiger partial charge < -0.3 is 15.1 Å². The molecule has 0 saturated carbocycles.